The molecule has 1 N–H and O–H groups in total. The summed E-state index contributed by atoms with van der Waals surface area (Å²) in [6.07, 6.45) is 0. The number of halogens is 2. The summed E-state index contributed by atoms with van der Waals surface area (Å²) >= 11 is 11.9. The molecule has 0 atom stereocenters. The van der Waals surface area contributed by atoms with Crippen LogP contribution in [0.4, 0.5) is 11.4 Å². The lowest BCUT2D eigenvalue weighted by Gasteiger charge is -2.36. The number of benzene rings is 2. The van der Waals surface area contributed by atoms with Crippen LogP contribution in [0.25, 0.3) is 0 Å². The quantitative estimate of drug-likeness (QED) is 0.862. The number of carbonyl (C=O) groups excluding carboxylic acids is 2. The Hall–Kier alpha value is -2.24. The van der Waals surface area contributed by atoms with Crippen LogP contribution < -0.4 is 10.2 Å². The summed E-state index contributed by atoms with van der Waals surface area (Å²) in [6.45, 7) is 4.23. The summed E-state index contributed by atoms with van der Waals surface area (Å²) in [7, 11) is 0. The molecule has 0 radical (unpaired) electrons. The van der Waals surface area contributed by atoms with Crippen LogP contribution in [0.3, 0.4) is 0 Å². The molecule has 0 bridgehead atoms. The molecule has 0 aliphatic carbocycles. The molecule has 0 aromatic heterocycles. The Morgan fingerprint density at radius 2 is 1.58 bits per heavy atom. The summed E-state index contributed by atoms with van der Waals surface area (Å²) in [5, 5.41) is 3.58. The molecule has 1 aliphatic heterocycles. The standard InChI is InChI=1S/C19H19Cl2N3O2/c1-13(25)22-15-3-5-16(6-4-15)23-8-10-24(11-9-23)19(26)14-2-7-17(20)18(21)12-14/h2-7,12H,8-11H2,1H3,(H,22,25). The second-order valence-corrected chi connectivity index (χ2v) is 6.95. The monoisotopic (exact) mass is 391 g/mol. The highest BCUT2D eigenvalue weighted by Gasteiger charge is 2.22. The van der Waals surface area contributed by atoms with Crippen LogP contribution in [0.1, 0.15) is 17.3 Å². The third-order valence-corrected chi connectivity index (χ3v) is 5.03. The van der Waals surface area contributed by atoms with Crippen molar-refractivity contribution in [1.29, 1.82) is 0 Å². The minimum Gasteiger partial charge on any atom is -0.368 e. The van der Waals surface area contributed by atoms with Crippen molar-refractivity contribution in [2.45, 2.75) is 6.92 Å². The predicted molar refractivity (Wildman–Crippen MR) is 105 cm³/mol. The SMILES string of the molecule is CC(=O)Nc1ccc(N2CCN(C(=O)c3ccc(Cl)c(Cl)c3)CC2)cc1. The maximum absolute atomic E-state index is 12.6. The van der Waals surface area contributed by atoms with Crippen LogP contribution in [0.5, 0.6) is 0 Å². The molecule has 1 heterocycles. The largest absolute Gasteiger partial charge is 0.368 e. The van der Waals surface area contributed by atoms with E-state index < -0.39 is 0 Å². The van der Waals surface area contributed by atoms with E-state index in [0.717, 1.165) is 24.5 Å². The molecule has 7 heteroatoms. The Bertz CT molecular complexity index is 816. The second kappa shape index (κ2) is 7.98. The molecule has 2 aromatic rings. The van der Waals surface area contributed by atoms with E-state index in [1.54, 1.807) is 18.2 Å². The van der Waals surface area contributed by atoms with Gasteiger partial charge in [-0.05, 0) is 42.5 Å². The van der Waals surface area contributed by atoms with Crippen LogP contribution in [0.2, 0.25) is 10.0 Å². The number of carbonyl (C=O) groups is 2. The fourth-order valence-corrected chi connectivity index (χ4v) is 3.24. The zero-order valence-electron chi connectivity index (χ0n) is 14.3. The Morgan fingerprint density at radius 3 is 2.15 bits per heavy atom. The van der Waals surface area contributed by atoms with Gasteiger partial charge < -0.3 is 15.1 Å². The minimum atomic E-state index is -0.0906. The Morgan fingerprint density at radius 1 is 0.923 bits per heavy atom. The van der Waals surface area contributed by atoms with E-state index >= 15 is 0 Å². The molecule has 0 saturated carbocycles. The third kappa shape index (κ3) is 4.29. The normalized spacial score (nSPS) is 14.3. The summed E-state index contributed by atoms with van der Waals surface area (Å²) in [4.78, 5) is 27.7. The van der Waals surface area contributed by atoms with Crippen molar-refractivity contribution in [3.05, 3.63) is 58.1 Å². The van der Waals surface area contributed by atoms with Gasteiger partial charge in [0.05, 0.1) is 10.0 Å². The van der Waals surface area contributed by atoms with E-state index in [1.165, 1.54) is 6.92 Å². The van der Waals surface area contributed by atoms with Gasteiger partial charge in [-0.15, -0.1) is 0 Å². The van der Waals surface area contributed by atoms with E-state index in [0.29, 0.717) is 28.7 Å². The zero-order chi connectivity index (χ0) is 18.7. The minimum absolute atomic E-state index is 0.0378. The van der Waals surface area contributed by atoms with Crippen molar-refractivity contribution in [2.24, 2.45) is 0 Å². The Kier molecular flexibility index (Phi) is 5.69. The fourth-order valence-electron chi connectivity index (χ4n) is 2.94. The molecule has 1 aliphatic rings. The van der Waals surface area contributed by atoms with Gasteiger partial charge in [-0.25, -0.2) is 0 Å². The number of hydrogen-bond donors (Lipinski definition) is 1. The van der Waals surface area contributed by atoms with Crippen molar-refractivity contribution >= 4 is 46.4 Å². The van der Waals surface area contributed by atoms with Gasteiger partial charge in [0.15, 0.2) is 0 Å². The molecule has 0 unspecified atom stereocenters. The van der Waals surface area contributed by atoms with Crippen molar-refractivity contribution in [3.63, 3.8) is 0 Å². The molecule has 26 heavy (non-hydrogen) atoms. The second-order valence-electron chi connectivity index (χ2n) is 6.14. The van der Waals surface area contributed by atoms with Crippen LogP contribution >= 0.6 is 23.2 Å². The van der Waals surface area contributed by atoms with Crippen molar-refractivity contribution in [3.8, 4) is 0 Å². The first-order valence-corrected chi connectivity index (χ1v) is 9.06. The first kappa shape index (κ1) is 18.5. The van der Waals surface area contributed by atoms with Gasteiger partial charge in [0.25, 0.3) is 5.91 Å². The highest BCUT2D eigenvalue weighted by Crippen LogP contribution is 2.24. The smallest absolute Gasteiger partial charge is 0.254 e. The summed E-state index contributed by atoms with van der Waals surface area (Å²) in [5.74, 6) is -0.128. The van der Waals surface area contributed by atoms with E-state index in [4.69, 9.17) is 23.2 Å². The van der Waals surface area contributed by atoms with Gasteiger partial charge in [0.2, 0.25) is 5.91 Å². The van der Waals surface area contributed by atoms with Gasteiger partial charge in [0.1, 0.15) is 0 Å². The first-order chi connectivity index (χ1) is 12.4. The molecular weight excluding hydrogens is 373 g/mol. The van der Waals surface area contributed by atoms with Crippen molar-refractivity contribution in [2.75, 3.05) is 36.4 Å². The molecule has 1 fully saturated rings. The van der Waals surface area contributed by atoms with E-state index in [9.17, 15) is 9.59 Å². The molecule has 2 aromatic carbocycles. The van der Waals surface area contributed by atoms with E-state index in [-0.39, 0.29) is 11.8 Å². The average molecular weight is 392 g/mol. The number of hydrogen-bond acceptors (Lipinski definition) is 3. The first-order valence-electron chi connectivity index (χ1n) is 8.31. The molecule has 3 rings (SSSR count). The molecular formula is C19H19Cl2N3O2. The van der Waals surface area contributed by atoms with Gasteiger partial charge in [-0.1, -0.05) is 23.2 Å². The number of amides is 2. The summed E-state index contributed by atoms with van der Waals surface area (Å²) in [6, 6.07) is 12.7. The molecule has 136 valence electrons. The number of anilines is 2. The lowest BCUT2D eigenvalue weighted by molar-refractivity contribution is -0.114. The zero-order valence-corrected chi connectivity index (χ0v) is 15.8. The van der Waals surface area contributed by atoms with Crippen LogP contribution in [-0.2, 0) is 4.79 Å². The van der Waals surface area contributed by atoms with Crippen LogP contribution in [-0.4, -0.2) is 42.9 Å². The van der Waals surface area contributed by atoms with Gasteiger partial charge in [-0.3, -0.25) is 9.59 Å². The maximum Gasteiger partial charge on any atom is 0.254 e. The number of nitrogens with one attached hydrogen (secondary N) is 1. The maximum atomic E-state index is 12.6. The molecule has 1 saturated heterocycles. The van der Waals surface area contributed by atoms with Gasteiger partial charge >= 0.3 is 0 Å². The van der Waals surface area contributed by atoms with Gasteiger partial charge in [0, 0.05) is 50.0 Å². The molecule has 5 nitrogen and oxygen atoms in total. The van der Waals surface area contributed by atoms with Crippen LogP contribution in [0.15, 0.2) is 42.5 Å². The van der Waals surface area contributed by atoms with Gasteiger partial charge in [-0.2, -0.15) is 0 Å². The summed E-state index contributed by atoms with van der Waals surface area (Å²) < 4.78 is 0. The molecule has 0 spiro atoms. The van der Waals surface area contributed by atoms with E-state index in [2.05, 4.69) is 10.2 Å². The lowest BCUT2D eigenvalue weighted by atomic mass is 10.1. The Balaban J connectivity index is 1.60. The number of rotatable bonds is 3. The van der Waals surface area contributed by atoms with Crippen LogP contribution in [0, 0.1) is 0 Å². The number of nitrogens with zero attached hydrogens (tertiary/aromatic N) is 2. The number of piperazine rings is 1. The summed E-state index contributed by atoms with van der Waals surface area (Å²) in [5.41, 5.74) is 2.39. The molecule has 2 amide bonds. The highest BCUT2D eigenvalue weighted by molar-refractivity contribution is 6.42. The fraction of sp³-hybridized carbons (Fsp3) is 0.263. The van der Waals surface area contributed by atoms with Crippen molar-refractivity contribution in [1.82, 2.24) is 4.90 Å². The third-order valence-electron chi connectivity index (χ3n) is 4.29. The van der Waals surface area contributed by atoms with Crippen molar-refractivity contribution < 1.29 is 9.59 Å². The lowest BCUT2D eigenvalue weighted by Crippen LogP contribution is -2.48. The Labute approximate surface area is 162 Å². The van der Waals surface area contributed by atoms with E-state index in [1.807, 2.05) is 29.2 Å². The average Bonchev–Trinajstić information content (AvgIpc) is 2.64. The highest BCUT2D eigenvalue weighted by atomic mass is 35.5. The predicted octanol–water partition coefficient (Wildman–Crippen LogP) is 3.91. The topological polar surface area (TPSA) is 52.7 Å².